The van der Waals surface area contributed by atoms with Gasteiger partial charge in [-0.1, -0.05) is 12.1 Å². The van der Waals surface area contributed by atoms with Gasteiger partial charge in [-0.2, -0.15) is 5.10 Å². The maximum atomic E-state index is 5.73. The number of nitrogens with zero attached hydrogens (tertiary/aromatic N) is 2. The minimum Gasteiger partial charge on any atom is -0.490 e. The molecular weight excluding hydrogens is 254 g/mol. The number of aromatic nitrogens is 2. The van der Waals surface area contributed by atoms with Crippen molar-refractivity contribution in [2.24, 2.45) is 12.8 Å². The fraction of sp³-hybridized carbons (Fsp3) is 0.400. The molecule has 0 bridgehead atoms. The van der Waals surface area contributed by atoms with Gasteiger partial charge in [0.1, 0.15) is 24.7 Å². The van der Waals surface area contributed by atoms with Crippen LogP contribution in [0, 0.1) is 13.8 Å². The molecule has 0 saturated heterocycles. The summed E-state index contributed by atoms with van der Waals surface area (Å²) in [5.41, 5.74) is 8.56. The molecule has 5 nitrogen and oxygen atoms in total. The number of nitrogens with two attached hydrogens (primary N) is 1. The van der Waals surface area contributed by atoms with E-state index in [1.54, 1.807) is 0 Å². The average Bonchev–Trinajstić information content (AvgIpc) is 2.70. The van der Waals surface area contributed by atoms with Crippen LogP contribution in [0.1, 0.15) is 17.0 Å². The molecule has 20 heavy (non-hydrogen) atoms. The molecule has 0 spiro atoms. The molecule has 5 heteroatoms. The second-order valence-electron chi connectivity index (χ2n) is 4.67. The third kappa shape index (κ3) is 3.30. The summed E-state index contributed by atoms with van der Waals surface area (Å²) in [5, 5.41) is 4.31. The molecule has 0 aliphatic carbocycles. The molecule has 0 atom stereocenters. The van der Waals surface area contributed by atoms with Crippen LogP contribution >= 0.6 is 0 Å². The molecule has 0 amide bonds. The van der Waals surface area contributed by atoms with E-state index in [1.165, 1.54) is 0 Å². The summed E-state index contributed by atoms with van der Waals surface area (Å²) in [6.45, 7) is 5.46. The topological polar surface area (TPSA) is 62.3 Å². The summed E-state index contributed by atoms with van der Waals surface area (Å²) in [5.74, 6) is 1.67. The van der Waals surface area contributed by atoms with Crippen LogP contribution in [-0.4, -0.2) is 23.0 Å². The van der Waals surface area contributed by atoms with E-state index in [-0.39, 0.29) is 0 Å². The molecule has 0 saturated carbocycles. The van der Waals surface area contributed by atoms with Crippen LogP contribution in [0.5, 0.6) is 11.5 Å². The van der Waals surface area contributed by atoms with Gasteiger partial charge in [-0.15, -0.1) is 0 Å². The number of hydrogen-bond acceptors (Lipinski definition) is 4. The SMILES string of the molecule is Cc1nn(C)c(C)c1OCCOc1ccc(CN)cc1. The highest BCUT2D eigenvalue weighted by Gasteiger charge is 2.10. The van der Waals surface area contributed by atoms with E-state index in [0.717, 1.165) is 28.5 Å². The molecule has 2 rings (SSSR count). The zero-order chi connectivity index (χ0) is 14.5. The molecule has 0 radical (unpaired) electrons. The lowest BCUT2D eigenvalue weighted by atomic mass is 10.2. The second kappa shape index (κ2) is 6.43. The predicted molar refractivity (Wildman–Crippen MR) is 78.0 cm³/mol. The number of ether oxygens (including phenoxy) is 2. The molecule has 1 aromatic heterocycles. The summed E-state index contributed by atoms with van der Waals surface area (Å²) in [7, 11) is 1.91. The maximum absolute atomic E-state index is 5.73. The second-order valence-corrected chi connectivity index (χ2v) is 4.67. The molecule has 1 aromatic carbocycles. The Morgan fingerprint density at radius 1 is 1.10 bits per heavy atom. The van der Waals surface area contributed by atoms with E-state index >= 15 is 0 Å². The third-order valence-electron chi connectivity index (χ3n) is 3.20. The molecular formula is C15H21N3O2. The van der Waals surface area contributed by atoms with Gasteiger partial charge in [0.05, 0.1) is 5.69 Å². The Morgan fingerprint density at radius 2 is 1.75 bits per heavy atom. The van der Waals surface area contributed by atoms with E-state index in [2.05, 4.69) is 5.10 Å². The van der Waals surface area contributed by atoms with Gasteiger partial charge in [-0.3, -0.25) is 4.68 Å². The van der Waals surface area contributed by atoms with E-state index in [9.17, 15) is 0 Å². The van der Waals surface area contributed by atoms with Crippen molar-refractivity contribution in [2.45, 2.75) is 20.4 Å². The van der Waals surface area contributed by atoms with E-state index in [0.29, 0.717) is 19.8 Å². The normalized spacial score (nSPS) is 10.6. The first-order chi connectivity index (χ1) is 9.61. The van der Waals surface area contributed by atoms with Gasteiger partial charge < -0.3 is 15.2 Å². The van der Waals surface area contributed by atoms with Crippen molar-refractivity contribution in [3.05, 3.63) is 41.2 Å². The number of rotatable bonds is 6. The van der Waals surface area contributed by atoms with Crippen LogP contribution in [0.15, 0.2) is 24.3 Å². The number of aryl methyl sites for hydroxylation is 2. The Balaban J connectivity index is 1.81. The van der Waals surface area contributed by atoms with Gasteiger partial charge in [0.25, 0.3) is 0 Å². The Morgan fingerprint density at radius 3 is 2.30 bits per heavy atom. The highest BCUT2D eigenvalue weighted by molar-refractivity contribution is 5.31. The standard InChI is InChI=1S/C15H21N3O2/c1-11-15(12(2)18(3)17-11)20-9-8-19-14-6-4-13(10-16)5-7-14/h4-7H,8-10,16H2,1-3H3. The van der Waals surface area contributed by atoms with Gasteiger partial charge in [0.2, 0.25) is 0 Å². The minimum atomic E-state index is 0.492. The van der Waals surface area contributed by atoms with Crippen molar-refractivity contribution in [1.29, 1.82) is 0 Å². The zero-order valence-corrected chi connectivity index (χ0v) is 12.2. The number of benzene rings is 1. The van der Waals surface area contributed by atoms with E-state index in [4.69, 9.17) is 15.2 Å². The van der Waals surface area contributed by atoms with Crippen LogP contribution < -0.4 is 15.2 Å². The Labute approximate surface area is 119 Å². The summed E-state index contributed by atoms with van der Waals surface area (Å²) in [4.78, 5) is 0. The first-order valence-electron chi connectivity index (χ1n) is 6.66. The molecule has 0 fully saturated rings. The van der Waals surface area contributed by atoms with Gasteiger partial charge >= 0.3 is 0 Å². The van der Waals surface area contributed by atoms with Gasteiger partial charge in [0.15, 0.2) is 5.75 Å². The Bertz CT molecular complexity index is 561. The van der Waals surface area contributed by atoms with Crippen LogP contribution in [0.25, 0.3) is 0 Å². The first kappa shape index (κ1) is 14.4. The van der Waals surface area contributed by atoms with Crippen LogP contribution in [0.4, 0.5) is 0 Å². The molecule has 1 heterocycles. The Kier molecular flexibility index (Phi) is 4.63. The predicted octanol–water partition coefficient (Wildman–Crippen LogP) is 1.95. The van der Waals surface area contributed by atoms with Crippen molar-refractivity contribution in [2.75, 3.05) is 13.2 Å². The quantitative estimate of drug-likeness (QED) is 0.819. The van der Waals surface area contributed by atoms with E-state index < -0.39 is 0 Å². The van der Waals surface area contributed by atoms with Crippen molar-refractivity contribution in [3.63, 3.8) is 0 Å². The monoisotopic (exact) mass is 275 g/mol. The summed E-state index contributed by atoms with van der Waals surface area (Å²) < 4.78 is 13.2. The van der Waals surface area contributed by atoms with Crippen molar-refractivity contribution >= 4 is 0 Å². The summed E-state index contributed by atoms with van der Waals surface area (Å²) in [6, 6.07) is 7.77. The highest BCUT2D eigenvalue weighted by Crippen LogP contribution is 2.21. The van der Waals surface area contributed by atoms with Crippen LogP contribution in [-0.2, 0) is 13.6 Å². The van der Waals surface area contributed by atoms with Gasteiger partial charge in [-0.05, 0) is 31.5 Å². The smallest absolute Gasteiger partial charge is 0.163 e. The van der Waals surface area contributed by atoms with Crippen molar-refractivity contribution < 1.29 is 9.47 Å². The molecule has 0 aliphatic rings. The molecule has 0 unspecified atom stereocenters. The van der Waals surface area contributed by atoms with Gasteiger partial charge in [-0.25, -0.2) is 0 Å². The Hall–Kier alpha value is -2.01. The molecule has 0 aliphatic heterocycles. The number of hydrogen-bond donors (Lipinski definition) is 1. The molecule has 2 N–H and O–H groups in total. The summed E-state index contributed by atoms with van der Waals surface area (Å²) in [6.07, 6.45) is 0. The fourth-order valence-corrected chi connectivity index (χ4v) is 1.99. The molecule has 2 aromatic rings. The first-order valence-corrected chi connectivity index (χ1v) is 6.66. The van der Waals surface area contributed by atoms with Crippen LogP contribution in [0.2, 0.25) is 0 Å². The maximum Gasteiger partial charge on any atom is 0.163 e. The van der Waals surface area contributed by atoms with Gasteiger partial charge in [0, 0.05) is 13.6 Å². The highest BCUT2D eigenvalue weighted by atomic mass is 16.5. The van der Waals surface area contributed by atoms with Crippen molar-refractivity contribution in [3.8, 4) is 11.5 Å². The largest absolute Gasteiger partial charge is 0.490 e. The lowest BCUT2D eigenvalue weighted by Gasteiger charge is -2.09. The van der Waals surface area contributed by atoms with Crippen LogP contribution in [0.3, 0.4) is 0 Å². The van der Waals surface area contributed by atoms with Crippen molar-refractivity contribution in [1.82, 2.24) is 9.78 Å². The summed E-state index contributed by atoms with van der Waals surface area (Å²) >= 11 is 0. The van der Waals surface area contributed by atoms with E-state index in [1.807, 2.05) is 49.8 Å². The lowest BCUT2D eigenvalue weighted by molar-refractivity contribution is 0.215. The minimum absolute atomic E-state index is 0.492. The molecule has 108 valence electrons. The third-order valence-corrected chi connectivity index (χ3v) is 3.20. The lowest BCUT2D eigenvalue weighted by Crippen LogP contribution is -2.10. The fourth-order valence-electron chi connectivity index (χ4n) is 1.99. The zero-order valence-electron chi connectivity index (χ0n) is 12.2. The average molecular weight is 275 g/mol.